The van der Waals surface area contributed by atoms with Gasteiger partial charge in [0.1, 0.15) is 0 Å². The monoisotopic (exact) mass is 218 g/mol. The molecule has 0 aliphatic carbocycles. The second kappa shape index (κ2) is 9.89. The Morgan fingerprint density at radius 2 is 1.87 bits per heavy atom. The highest BCUT2D eigenvalue weighted by Gasteiger charge is 2.09. The first-order valence-electron chi connectivity index (χ1n) is 5.39. The average molecular weight is 218 g/mol. The molecule has 1 amide bonds. The van der Waals surface area contributed by atoms with E-state index in [2.05, 4.69) is 10.6 Å². The Morgan fingerprint density at radius 1 is 1.27 bits per heavy atom. The maximum atomic E-state index is 11.3. The van der Waals surface area contributed by atoms with Crippen LogP contribution in [0.15, 0.2) is 0 Å². The molecule has 0 aromatic heterocycles. The molecule has 90 valence electrons. The molecule has 0 fully saturated rings. The smallest absolute Gasteiger partial charge is 0.221 e. The van der Waals surface area contributed by atoms with Crippen LogP contribution < -0.4 is 10.6 Å². The maximum absolute atomic E-state index is 11.3. The van der Waals surface area contributed by atoms with Gasteiger partial charge in [0.05, 0.1) is 6.54 Å². The lowest BCUT2D eigenvalue weighted by Crippen LogP contribution is -2.36. The zero-order chi connectivity index (χ0) is 11.5. The lowest BCUT2D eigenvalue weighted by Gasteiger charge is -2.17. The summed E-state index contributed by atoms with van der Waals surface area (Å²) in [4.78, 5) is 11.3. The number of hydrogen-bond acceptors (Lipinski definition) is 4. The molecule has 0 aromatic rings. The standard InChI is InChI=1S/C10H22N2O3/c1-4-14-10(15-5-2)8-12-9(13)6-7-11-3/h10-11H,4-8H2,1-3H3,(H,12,13). The molecule has 5 nitrogen and oxygen atoms in total. The van der Waals surface area contributed by atoms with Crippen molar-refractivity contribution in [3.63, 3.8) is 0 Å². The van der Waals surface area contributed by atoms with Crippen molar-refractivity contribution in [2.24, 2.45) is 0 Å². The highest BCUT2D eigenvalue weighted by molar-refractivity contribution is 5.76. The molecule has 0 saturated heterocycles. The number of carbonyl (C=O) groups excluding carboxylic acids is 1. The van der Waals surface area contributed by atoms with Crippen LogP contribution in [0.3, 0.4) is 0 Å². The van der Waals surface area contributed by atoms with E-state index in [0.717, 1.165) is 0 Å². The minimum absolute atomic E-state index is 0.00811. The van der Waals surface area contributed by atoms with E-state index in [9.17, 15) is 4.79 Å². The van der Waals surface area contributed by atoms with Gasteiger partial charge in [0.25, 0.3) is 0 Å². The van der Waals surface area contributed by atoms with E-state index in [1.165, 1.54) is 0 Å². The lowest BCUT2D eigenvalue weighted by molar-refractivity contribution is -0.140. The molecule has 0 radical (unpaired) electrons. The Morgan fingerprint density at radius 3 is 2.33 bits per heavy atom. The Hall–Kier alpha value is -0.650. The Labute approximate surface area is 91.5 Å². The quantitative estimate of drug-likeness (QED) is 0.539. The van der Waals surface area contributed by atoms with E-state index < -0.39 is 0 Å². The Bertz CT molecular complexity index is 159. The summed E-state index contributed by atoms with van der Waals surface area (Å²) in [5, 5.41) is 5.67. The molecule has 0 aliphatic rings. The van der Waals surface area contributed by atoms with E-state index in [0.29, 0.717) is 32.7 Å². The number of carbonyl (C=O) groups is 1. The topological polar surface area (TPSA) is 59.6 Å². The fourth-order valence-electron chi connectivity index (χ4n) is 1.06. The number of hydrogen-bond donors (Lipinski definition) is 2. The van der Waals surface area contributed by atoms with Crippen LogP contribution in [-0.2, 0) is 14.3 Å². The molecule has 0 saturated carbocycles. The number of ether oxygens (including phenoxy) is 2. The van der Waals surface area contributed by atoms with E-state index in [1.807, 2.05) is 20.9 Å². The summed E-state index contributed by atoms with van der Waals surface area (Å²) in [6.45, 7) is 6.04. The van der Waals surface area contributed by atoms with Gasteiger partial charge < -0.3 is 20.1 Å². The predicted octanol–water partition coefficient (Wildman–Crippen LogP) is 0.111. The number of amides is 1. The first-order valence-corrected chi connectivity index (χ1v) is 5.39. The minimum atomic E-state index is -0.335. The molecule has 0 unspecified atom stereocenters. The number of nitrogens with one attached hydrogen (secondary N) is 2. The molecule has 0 aliphatic heterocycles. The zero-order valence-corrected chi connectivity index (χ0v) is 9.84. The van der Waals surface area contributed by atoms with Gasteiger partial charge in [-0.15, -0.1) is 0 Å². The molecule has 2 N–H and O–H groups in total. The normalized spacial score (nSPS) is 10.7. The Balaban J connectivity index is 3.62. The summed E-state index contributed by atoms with van der Waals surface area (Å²) in [5.74, 6) is 0.00811. The van der Waals surface area contributed by atoms with E-state index in [-0.39, 0.29) is 12.2 Å². The number of rotatable bonds is 9. The minimum Gasteiger partial charge on any atom is -0.351 e. The largest absolute Gasteiger partial charge is 0.351 e. The summed E-state index contributed by atoms with van der Waals surface area (Å²) in [6.07, 6.45) is 0.139. The van der Waals surface area contributed by atoms with Crippen molar-refractivity contribution >= 4 is 5.91 Å². The lowest BCUT2D eigenvalue weighted by atomic mass is 10.4. The molecule has 15 heavy (non-hydrogen) atoms. The van der Waals surface area contributed by atoms with Gasteiger partial charge in [0.15, 0.2) is 6.29 Å². The molecule has 0 bridgehead atoms. The van der Waals surface area contributed by atoms with Crippen molar-refractivity contribution < 1.29 is 14.3 Å². The first-order chi connectivity index (χ1) is 7.24. The maximum Gasteiger partial charge on any atom is 0.221 e. The molecule has 0 rings (SSSR count). The van der Waals surface area contributed by atoms with Crippen LogP contribution in [0.1, 0.15) is 20.3 Å². The molecule has 0 heterocycles. The van der Waals surface area contributed by atoms with Crippen LogP contribution in [0.4, 0.5) is 0 Å². The fourth-order valence-corrected chi connectivity index (χ4v) is 1.06. The molecule has 0 atom stereocenters. The van der Waals surface area contributed by atoms with Crippen LogP contribution in [0, 0.1) is 0 Å². The van der Waals surface area contributed by atoms with Crippen LogP contribution in [-0.4, -0.2) is 45.5 Å². The van der Waals surface area contributed by atoms with Gasteiger partial charge in [0, 0.05) is 26.2 Å². The molecular formula is C10H22N2O3. The van der Waals surface area contributed by atoms with Crippen molar-refractivity contribution in [2.75, 3.05) is 33.4 Å². The molecule has 0 aromatic carbocycles. The van der Waals surface area contributed by atoms with Gasteiger partial charge in [-0.1, -0.05) is 0 Å². The highest BCUT2D eigenvalue weighted by Crippen LogP contribution is 1.93. The summed E-state index contributed by atoms with van der Waals surface area (Å²) in [5.41, 5.74) is 0. The van der Waals surface area contributed by atoms with Crippen molar-refractivity contribution in [3.05, 3.63) is 0 Å². The third-order valence-corrected chi connectivity index (χ3v) is 1.77. The van der Waals surface area contributed by atoms with E-state index in [4.69, 9.17) is 9.47 Å². The average Bonchev–Trinajstić information content (AvgIpc) is 2.23. The van der Waals surface area contributed by atoms with Crippen LogP contribution in [0.25, 0.3) is 0 Å². The molecular weight excluding hydrogens is 196 g/mol. The van der Waals surface area contributed by atoms with Crippen molar-refractivity contribution in [1.82, 2.24) is 10.6 Å². The highest BCUT2D eigenvalue weighted by atomic mass is 16.7. The van der Waals surface area contributed by atoms with Gasteiger partial charge in [0.2, 0.25) is 5.91 Å². The predicted molar refractivity (Wildman–Crippen MR) is 58.6 cm³/mol. The third kappa shape index (κ3) is 8.35. The van der Waals surface area contributed by atoms with Crippen LogP contribution in [0.5, 0.6) is 0 Å². The first kappa shape index (κ1) is 14.3. The van der Waals surface area contributed by atoms with Crippen molar-refractivity contribution in [3.8, 4) is 0 Å². The molecule has 5 heteroatoms. The van der Waals surface area contributed by atoms with Crippen LogP contribution >= 0.6 is 0 Å². The summed E-state index contributed by atoms with van der Waals surface area (Å²) >= 11 is 0. The van der Waals surface area contributed by atoms with E-state index >= 15 is 0 Å². The zero-order valence-electron chi connectivity index (χ0n) is 9.84. The summed E-state index contributed by atoms with van der Waals surface area (Å²) in [6, 6.07) is 0. The summed E-state index contributed by atoms with van der Waals surface area (Å²) < 4.78 is 10.6. The second-order valence-corrected chi connectivity index (χ2v) is 3.00. The second-order valence-electron chi connectivity index (χ2n) is 3.00. The van der Waals surface area contributed by atoms with Crippen molar-refractivity contribution in [2.45, 2.75) is 26.6 Å². The van der Waals surface area contributed by atoms with Gasteiger partial charge in [-0.3, -0.25) is 4.79 Å². The van der Waals surface area contributed by atoms with Gasteiger partial charge >= 0.3 is 0 Å². The SMILES string of the molecule is CCOC(CNC(=O)CCNC)OCC. The molecule has 0 spiro atoms. The van der Waals surface area contributed by atoms with E-state index in [1.54, 1.807) is 0 Å². The third-order valence-electron chi connectivity index (χ3n) is 1.77. The van der Waals surface area contributed by atoms with Crippen molar-refractivity contribution in [1.29, 1.82) is 0 Å². The van der Waals surface area contributed by atoms with Crippen LogP contribution in [0.2, 0.25) is 0 Å². The van der Waals surface area contributed by atoms with Gasteiger partial charge in [-0.05, 0) is 20.9 Å². The van der Waals surface area contributed by atoms with Gasteiger partial charge in [-0.2, -0.15) is 0 Å². The van der Waals surface area contributed by atoms with Gasteiger partial charge in [-0.25, -0.2) is 0 Å². The Kier molecular flexibility index (Phi) is 9.46. The fraction of sp³-hybridized carbons (Fsp3) is 0.900. The summed E-state index contributed by atoms with van der Waals surface area (Å²) in [7, 11) is 1.82.